The Balaban J connectivity index is 2.27. The Morgan fingerprint density at radius 1 is 1.40 bits per heavy atom. The zero-order valence-corrected chi connectivity index (χ0v) is 14.7. The van der Waals surface area contributed by atoms with Gasteiger partial charge >= 0.3 is 6.18 Å². The average Bonchev–Trinajstić information content (AvgIpc) is 2.47. The third-order valence-corrected chi connectivity index (χ3v) is 4.06. The highest BCUT2D eigenvalue weighted by Crippen LogP contribution is 2.20. The van der Waals surface area contributed by atoms with Crippen LogP contribution in [0, 0.1) is 0 Å². The van der Waals surface area contributed by atoms with Crippen LogP contribution in [0.15, 0.2) is 23.0 Å². The third kappa shape index (κ3) is 4.93. The molecule has 1 atom stereocenters. The molecule has 25 heavy (non-hydrogen) atoms. The van der Waals surface area contributed by atoms with Crippen molar-refractivity contribution < 1.29 is 13.2 Å². The number of benzene rings is 1. The van der Waals surface area contributed by atoms with Gasteiger partial charge in [-0.1, -0.05) is 17.7 Å². The summed E-state index contributed by atoms with van der Waals surface area (Å²) in [6.45, 7) is 1.10. The van der Waals surface area contributed by atoms with Crippen molar-refractivity contribution in [2.45, 2.75) is 32.1 Å². The van der Waals surface area contributed by atoms with Gasteiger partial charge in [-0.3, -0.25) is 14.3 Å². The minimum Gasteiger partial charge on any atom is -0.322 e. The van der Waals surface area contributed by atoms with Crippen molar-refractivity contribution in [2.24, 2.45) is 5.73 Å². The number of aromatic nitrogens is 2. The highest BCUT2D eigenvalue weighted by Gasteiger charge is 2.28. The number of hydrogen-bond acceptors (Lipinski definition) is 4. The monoisotopic (exact) mass is 376 g/mol. The van der Waals surface area contributed by atoms with Crippen molar-refractivity contribution in [2.75, 3.05) is 20.1 Å². The van der Waals surface area contributed by atoms with E-state index in [0.717, 1.165) is 4.90 Å². The Labute approximate surface area is 148 Å². The summed E-state index contributed by atoms with van der Waals surface area (Å²) >= 11 is 6.11. The lowest BCUT2D eigenvalue weighted by Crippen LogP contribution is -2.33. The molecule has 1 heterocycles. The molecule has 2 N–H and O–H groups in total. The van der Waals surface area contributed by atoms with Crippen LogP contribution in [-0.4, -0.2) is 40.8 Å². The first-order valence-corrected chi connectivity index (χ1v) is 8.18. The minimum absolute atomic E-state index is 0.185. The van der Waals surface area contributed by atoms with E-state index >= 15 is 0 Å². The Kier molecular flexibility index (Phi) is 6.08. The summed E-state index contributed by atoms with van der Waals surface area (Å²) in [6.07, 6.45) is -3.90. The Morgan fingerprint density at radius 3 is 2.68 bits per heavy atom. The number of nitrogens with zero attached hydrogens (tertiary/aromatic N) is 3. The van der Waals surface area contributed by atoms with Crippen LogP contribution in [0.5, 0.6) is 0 Å². The van der Waals surface area contributed by atoms with Gasteiger partial charge in [0.15, 0.2) is 0 Å². The summed E-state index contributed by atoms with van der Waals surface area (Å²) in [7, 11) is 1.39. The molecule has 0 saturated heterocycles. The van der Waals surface area contributed by atoms with Crippen molar-refractivity contribution in [1.29, 1.82) is 0 Å². The van der Waals surface area contributed by atoms with Crippen molar-refractivity contribution in [3.63, 3.8) is 0 Å². The normalized spacial score (nSPS) is 13.6. The van der Waals surface area contributed by atoms with Crippen LogP contribution in [0.2, 0.25) is 5.02 Å². The first-order chi connectivity index (χ1) is 11.6. The quantitative estimate of drug-likeness (QED) is 0.841. The van der Waals surface area contributed by atoms with Crippen LogP contribution in [-0.2, 0) is 6.54 Å². The summed E-state index contributed by atoms with van der Waals surface area (Å²) in [5.41, 5.74) is 6.03. The van der Waals surface area contributed by atoms with Crippen molar-refractivity contribution in [1.82, 2.24) is 14.5 Å². The van der Waals surface area contributed by atoms with Crippen LogP contribution in [0.3, 0.4) is 0 Å². The SMILES string of the molecule is C[C@H](N)c1nc2cccc(Cl)c2c(=O)n1CCCN(C)CC(F)(F)F. The molecule has 1 aromatic heterocycles. The van der Waals surface area contributed by atoms with Crippen molar-refractivity contribution in [3.05, 3.63) is 39.4 Å². The number of rotatable bonds is 6. The van der Waals surface area contributed by atoms with E-state index in [4.69, 9.17) is 17.3 Å². The molecule has 2 rings (SSSR count). The van der Waals surface area contributed by atoms with E-state index in [1.54, 1.807) is 25.1 Å². The number of hydrogen-bond donors (Lipinski definition) is 1. The molecule has 5 nitrogen and oxygen atoms in total. The second-order valence-corrected chi connectivity index (χ2v) is 6.46. The summed E-state index contributed by atoms with van der Waals surface area (Å²) in [5, 5.41) is 0.575. The lowest BCUT2D eigenvalue weighted by Gasteiger charge is -2.20. The lowest BCUT2D eigenvalue weighted by atomic mass is 10.2. The molecule has 0 aliphatic carbocycles. The Morgan fingerprint density at radius 2 is 2.08 bits per heavy atom. The molecular formula is C16H20ClF3N4O. The predicted molar refractivity (Wildman–Crippen MR) is 91.8 cm³/mol. The van der Waals surface area contributed by atoms with Gasteiger partial charge in [0, 0.05) is 6.54 Å². The van der Waals surface area contributed by atoms with E-state index in [0.29, 0.717) is 17.8 Å². The fourth-order valence-electron chi connectivity index (χ4n) is 2.69. The van der Waals surface area contributed by atoms with Gasteiger partial charge in [-0.15, -0.1) is 0 Å². The van der Waals surface area contributed by atoms with Crippen LogP contribution < -0.4 is 11.3 Å². The van der Waals surface area contributed by atoms with Crippen molar-refractivity contribution in [3.8, 4) is 0 Å². The standard InChI is InChI=1S/C16H20ClF3N4O/c1-10(21)14-22-12-6-3-5-11(17)13(12)15(25)24(14)8-4-7-23(2)9-16(18,19)20/h3,5-6,10H,4,7-9,21H2,1-2H3/t10-/m0/s1. The van der Waals surface area contributed by atoms with Gasteiger partial charge in [0.05, 0.1) is 28.5 Å². The molecule has 0 saturated carbocycles. The maximum atomic E-state index is 12.8. The first kappa shape index (κ1) is 19.7. The van der Waals surface area contributed by atoms with Gasteiger partial charge < -0.3 is 5.73 Å². The van der Waals surface area contributed by atoms with E-state index in [9.17, 15) is 18.0 Å². The predicted octanol–water partition coefficient (Wildman–Crippen LogP) is 2.95. The van der Waals surface area contributed by atoms with E-state index < -0.39 is 18.8 Å². The Hall–Kier alpha value is -1.64. The molecule has 1 aromatic carbocycles. The molecule has 0 bridgehead atoms. The molecule has 0 fully saturated rings. The highest BCUT2D eigenvalue weighted by atomic mass is 35.5. The van der Waals surface area contributed by atoms with Crippen molar-refractivity contribution >= 4 is 22.5 Å². The van der Waals surface area contributed by atoms with E-state index in [1.807, 2.05) is 0 Å². The largest absolute Gasteiger partial charge is 0.401 e. The summed E-state index contributed by atoms with van der Waals surface area (Å²) in [6, 6.07) is 4.47. The average molecular weight is 377 g/mol. The van der Waals surface area contributed by atoms with Crippen LogP contribution >= 0.6 is 11.6 Å². The molecule has 9 heteroatoms. The molecule has 0 aliphatic heterocycles. The zero-order chi connectivity index (χ0) is 18.8. The number of halogens is 4. The maximum absolute atomic E-state index is 12.8. The minimum atomic E-state index is -4.25. The lowest BCUT2D eigenvalue weighted by molar-refractivity contribution is -0.143. The van der Waals surface area contributed by atoms with Gasteiger partial charge in [0.2, 0.25) is 0 Å². The van der Waals surface area contributed by atoms with Crippen LogP contribution in [0.25, 0.3) is 10.9 Å². The van der Waals surface area contributed by atoms with Gasteiger partial charge in [-0.05, 0) is 39.1 Å². The topological polar surface area (TPSA) is 64.1 Å². The van der Waals surface area contributed by atoms with Crippen LogP contribution in [0.1, 0.15) is 25.2 Å². The van der Waals surface area contributed by atoms with Crippen LogP contribution in [0.4, 0.5) is 13.2 Å². The smallest absolute Gasteiger partial charge is 0.322 e. The second kappa shape index (κ2) is 7.72. The summed E-state index contributed by atoms with van der Waals surface area (Å²) < 4.78 is 38.5. The second-order valence-electron chi connectivity index (χ2n) is 6.06. The molecule has 0 aliphatic rings. The number of fused-ring (bicyclic) bond motifs is 1. The summed E-state index contributed by atoms with van der Waals surface area (Å²) in [5.74, 6) is 0.387. The maximum Gasteiger partial charge on any atom is 0.401 e. The molecule has 138 valence electrons. The molecular weight excluding hydrogens is 357 g/mol. The van der Waals surface area contributed by atoms with E-state index in [1.165, 1.54) is 11.6 Å². The number of alkyl halides is 3. The molecule has 0 radical (unpaired) electrons. The fourth-order valence-corrected chi connectivity index (χ4v) is 2.94. The summed E-state index contributed by atoms with van der Waals surface area (Å²) in [4.78, 5) is 18.3. The first-order valence-electron chi connectivity index (χ1n) is 7.80. The molecule has 0 unspecified atom stereocenters. The third-order valence-electron chi connectivity index (χ3n) is 3.74. The van der Waals surface area contributed by atoms with E-state index in [-0.39, 0.29) is 29.1 Å². The van der Waals surface area contributed by atoms with Gasteiger partial charge in [0.25, 0.3) is 5.56 Å². The van der Waals surface area contributed by atoms with Gasteiger partial charge in [-0.2, -0.15) is 13.2 Å². The number of nitrogens with two attached hydrogens (primary N) is 1. The van der Waals surface area contributed by atoms with E-state index in [2.05, 4.69) is 4.98 Å². The van der Waals surface area contributed by atoms with Gasteiger partial charge in [0.1, 0.15) is 5.82 Å². The highest BCUT2D eigenvalue weighted by molar-refractivity contribution is 6.35. The molecule has 0 amide bonds. The molecule has 2 aromatic rings. The van der Waals surface area contributed by atoms with Gasteiger partial charge in [-0.25, -0.2) is 4.98 Å². The fraction of sp³-hybridized carbons (Fsp3) is 0.500. The Bertz CT molecular complexity index is 804. The molecule has 0 spiro atoms. The zero-order valence-electron chi connectivity index (χ0n) is 14.0.